The van der Waals surface area contributed by atoms with Gasteiger partial charge in [0.1, 0.15) is 23.8 Å². The van der Waals surface area contributed by atoms with Gasteiger partial charge in [0.15, 0.2) is 0 Å². The van der Waals surface area contributed by atoms with E-state index in [4.69, 9.17) is 27.9 Å². The number of halogens is 2. The number of aromatic nitrogens is 3. The molecule has 0 bridgehead atoms. The van der Waals surface area contributed by atoms with Gasteiger partial charge in [-0.1, -0.05) is 41.4 Å². The van der Waals surface area contributed by atoms with E-state index in [0.29, 0.717) is 38.9 Å². The van der Waals surface area contributed by atoms with Crippen molar-refractivity contribution < 1.29 is 14.3 Å². The molecule has 0 saturated heterocycles. The van der Waals surface area contributed by atoms with E-state index in [9.17, 15) is 9.59 Å². The minimum absolute atomic E-state index is 0.0247. The van der Waals surface area contributed by atoms with Crippen molar-refractivity contribution in [2.24, 2.45) is 0 Å². The van der Waals surface area contributed by atoms with Gasteiger partial charge >= 0.3 is 0 Å². The Morgan fingerprint density at radius 2 is 1.72 bits per heavy atom. The van der Waals surface area contributed by atoms with E-state index in [-0.39, 0.29) is 30.5 Å². The molecule has 0 spiro atoms. The third-order valence-electron chi connectivity index (χ3n) is 6.68. The summed E-state index contributed by atoms with van der Waals surface area (Å²) in [6, 6.07) is 12.2. The SMILES string of the molecule is Cc1ncnc2c1ccn2[C@H]1C=C[C@@H](Oc2cc(Cl)c(Cl)cc2CN2C(=O)c3ccccc3C2=O)C1. The Bertz CT molecular complexity index is 1540. The van der Waals surface area contributed by atoms with Gasteiger partial charge in [0.05, 0.1) is 39.5 Å². The van der Waals surface area contributed by atoms with Crippen LogP contribution >= 0.6 is 23.2 Å². The first-order valence-corrected chi connectivity index (χ1v) is 12.2. The van der Waals surface area contributed by atoms with Crippen molar-refractivity contribution in [1.29, 1.82) is 0 Å². The molecule has 2 amide bonds. The van der Waals surface area contributed by atoms with Crippen LogP contribution in [0.5, 0.6) is 5.75 Å². The summed E-state index contributed by atoms with van der Waals surface area (Å²) in [7, 11) is 0. The van der Waals surface area contributed by atoms with Gasteiger partial charge in [-0.3, -0.25) is 14.5 Å². The Labute approximate surface area is 216 Å². The van der Waals surface area contributed by atoms with Crippen LogP contribution in [0.4, 0.5) is 0 Å². The number of hydrogen-bond acceptors (Lipinski definition) is 5. The maximum atomic E-state index is 12.9. The molecule has 36 heavy (non-hydrogen) atoms. The summed E-state index contributed by atoms with van der Waals surface area (Å²) in [6.07, 6.45) is 8.11. The minimum atomic E-state index is -0.342. The summed E-state index contributed by atoms with van der Waals surface area (Å²) in [5, 5.41) is 1.67. The van der Waals surface area contributed by atoms with Gasteiger partial charge in [0.2, 0.25) is 0 Å². The minimum Gasteiger partial charge on any atom is -0.486 e. The van der Waals surface area contributed by atoms with Crippen LogP contribution in [0, 0.1) is 6.92 Å². The summed E-state index contributed by atoms with van der Waals surface area (Å²) in [5.74, 6) is -0.206. The maximum absolute atomic E-state index is 12.9. The molecule has 9 heteroatoms. The number of carbonyl (C=O) groups is 2. The van der Waals surface area contributed by atoms with Gasteiger partial charge in [-0.2, -0.15) is 0 Å². The van der Waals surface area contributed by atoms with E-state index in [1.807, 2.05) is 25.3 Å². The predicted molar refractivity (Wildman–Crippen MR) is 137 cm³/mol. The molecule has 0 N–H and O–H groups in total. The van der Waals surface area contributed by atoms with Crippen LogP contribution in [-0.2, 0) is 6.54 Å². The second-order valence-electron chi connectivity index (χ2n) is 8.88. The molecule has 2 aromatic heterocycles. The van der Waals surface area contributed by atoms with Crippen molar-refractivity contribution in [3.8, 4) is 5.75 Å². The molecule has 0 saturated carbocycles. The fourth-order valence-corrected chi connectivity index (χ4v) is 5.17. The number of carbonyl (C=O) groups excluding carboxylic acids is 2. The Morgan fingerprint density at radius 1 is 1.00 bits per heavy atom. The summed E-state index contributed by atoms with van der Waals surface area (Å²) in [6.45, 7) is 1.99. The Balaban J connectivity index is 1.24. The van der Waals surface area contributed by atoms with Gasteiger partial charge in [-0.05, 0) is 37.3 Å². The van der Waals surface area contributed by atoms with Gasteiger partial charge in [-0.15, -0.1) is 0 Å². The molecule has 0 radical (unpaired) electrons. The molecule has 2 atom stereocenters. The smallest absolute Gasteiger partial charge is 0.261 e. The number of ether oxygens (including phenoxy) is 1. The summed E-state index contributed by atoms with van der Waals surface area (Å²) in [5.41, 5.74) is 3.19. The lowest BCUT2D eigenvalue weighted by molar-refractivity contribution is 0.0640. The van der Waals surface area contributed by atoms with Gasteiger partial charge in [-0.25, -0.2) is 9.97 Å². The largest absolute Gasteiger partial charge is 0.486 e. The predicted octanol–water partition coefficient (Wildman–Crippen LogP) is 5.79. The molecule has 0 unspecified atom stereocenters. The average molecular weight is 519 g/mol. The van der Waals surface area contributed by atoms with E-state index >= 15 is 0 Å². The van der Waals surface area contributed by atoms with Crippen molar-refractivity contribution in [3.63, 3.8) is 0 Å². The lowest BCUT2D eigenvalue weighted by Crippen LogP contribution is -2.29. The third kappa shape index (κ3) is 3.75. The van der Waals surface area contributed by atoms with Crippen molar-refractivity contribution in [3.05, 3.63) is 99.6 Å². The molecule has 6 rings (SSSR count). The molecular weight excluding hydrogens is 499 g/mol. The molecule has 180 valence electrons. The molecule has 0 fully saturated rings. The van der Waals surface area contributed by atoms with E-state index in [0.717, 1.165) is 16.7 Å². The van der Waals surface area contributed by atoms with Gasteiger partial charge in [0.25, 0.3) is 11.8 Å². The van der Waals surface area contributed by atoms with Crippen molar-refractivity contribution in [1.82, 2.24) is 19.4 Å². The summed E-state index contributed by atoms with van der Waals surface area (Å²) in [4.78, 5) is 35.7. The molecule has 1 aliphatic heterocycles. The van der Waals surface area contributed by atoms with Crippen LogP contribution in [0.25, 0.3) is 11.0 Å². The van der Waals surface area contributed by atoms with Crippen LogP contribution in [0.2, 0.25) is 10.0 Å². The Kier molecular flexibility index (Phi) is 5.54. The highest BCUT2D eigenvalue weighted by atomic mass is 35.5. The Hall–Kier alpha value is -3.68. The number of fused-ring (bicyclic) bond motifs is 2. The number of imide groups is 1. The highest BCUT2D eigenvalue weighted by molar-refractivity contribution is 6.42. The quantitative estimate of drug-likeness (QED) is 0.246. The van der Waals surface area contributed by atoms with E-state index in [1.165, 1.54) is 4.90 Å². The first-order chi connectivity index (χ1) is 17.4. The number of hydrogen-bond donors (Lipinski definition) is 0. The topological polar surface area (TPSA) is 77.3 Å². The highest BCUT2D eigenvalue weighted by Crippen LogP contribution is 2.36. The van der Waals surface area contributed by atoms with Gasteiger partial charge in [0, 0.05) is 29.6 Å². The monoisotopic (exact) mass is 518 g/mol. The van der Waals surface area contributed by atoms with E-state index in [2.05, 4.69) is 20.6 Å². The van der Waals surface area contributed by atoms with Crippen molar-refractivity contribution >= 4 is 46.0 Å². The number of aryl methyl sites for hydroxylation is 1. The van der Waals surface area contributed by atoms with Crippen molar-refractivity contribution in [2.45, 2.75) is 32.0 Å². The fraction of sp³-hybridized carbons (Fsp3) is 0.185. The lowest BCUT2D eigenvalue weighted by atomic mass is 10.1. The third-order valence-corrected chi connectivity index (χ3v) is 7.40. The molecule has 2 aromatic carbocycles. The van der Waals surface area contributed by atoms with Crippen LogP contribution in [0.3, 0.4) is 0 Å². The van der Waals surface area contributed by atoms with Crippen molar-refractivity contribution in [2.75, 3.05) is 0 Å². The number of benzene rings is 2. The average Bonchev–Trinajstić information content (AvgIpc) is 3.57. The Morgan fingerprint density at radius 3 is 2.47 bits per heavy atom. The molecule has 1 aliphatic carbocycles. The number of allylic oxidation sites excluding steroid dienone is 1. The standard InChI is InChI=1S/C27H20Cl2N4O3/c1-15-19-8-9-32(25(19)31-14-30-15)17-6-7-18(11-17)36-24-12-23(29)22(28)10-16(24)13-33-26(34)20-4-2-3-5-21(20)27(33)35/h2-10,12,14,17-18H,11,13H2,1H3/t17-,18+/m0/s1. The van der Waals surface area contributed by atoms with Crippen LogP contribution in [0.15, 0.2) is 67.1 Å². The normalized spacial score (nSPS) is 18.9. The maximum Gasteiger partial charge on any atom is 0.261 e. The zero-order valence-electron chi connectivity index (χ0n) is 19.2. The first kappa shape index (κ1) is 22.8. The van der Waals surface area contributed by atoms with E-state index < -0.39 is 0 Å². The van der Waals surface area contributed by atoms with Crippen LogP contribution < -0.4 is 4.74 Å². The molecule has 2 aliphatic rings. The molecule has 3 heterocycles. The zero-order valence-corrected chi connectivity index (χ0v) is 20.7. The second kappa shape index (κ2) is 8.76. The zero-order chi connectivity index (χ0) is 25.0. The number of amides is 2. The molecular formula is C27H20Cl2N4O3. The number of nitrogens with zero attached hydrogens (tertiary/aromatic N) is 4. The summed E-state index contributed by atoms with van der Waals surface area (Å²) >= 11 is 12.6. The molecule has 7 nitrogen and oxygen atoms in total. The molecule has 4 aromatic rings. The second-order valence-corrected chi connectivity index (χ2v) is 9.69. The van der Waals surface area contributed by atoms with E-state index in [1.54, 1.807) is 42.7 Å². The van der Waals surface area contributed by atoms with Crippen LogP contribution in [-0.4, -0.2) is 37.4 Å². The fourth-order valence-electron chi connectivity index (χ4n) is 4.83. The van der Waals surface area contributed by atoms with Crippen LogP contribution in [0.1, 0.15) is 44.4 Å². The lowest BCUT2D eigenvalue weighted by Gasteiger charge is -2.21. The number of rotatable bonds is 5. The van der Waals surface area contributed by atoms with Gasteiger partial charge < -0.3 is 9.30 Å². The summed E-state index contributed by atoms with van der Waals surface area (Å²) < 4.78 is 8.45. The first-order valence-electron chi connectivity index (χ1n) is 11.5. The highest BCUT2D eigenvalue weighted by Gasteiger charge is 2.36.